The summed E-state index contributed by atoms with van der Waals surface area (Å²) in [6.45, 7) is 2.13. The average Bonchev–Trinajstić information content (AvgIpc) is 2.81. The van der Waals surface area contributed by atoms with E-state index in [0.29, 0.717) is 6.04 Å². The summed E-state index contributed by atoms with van der Waals surface area (Å²) in [4.78, 5) is 0. The van der Waals surface area contributed by atoms with Crippen molar-refractivity contribution in [2.75, 3.05) is 0 Å². The van der Waals surface area contributed by atoms with Gasteiger partial charge in [-0.25, -0.2) is 4.39 Å². The van der Waals surface area contributed by atoms with E-state index in [1.54, 1.807) is 12.1 Å². The molecule has 1 N–H and O–H groups in total. The van der Waals surface area contributed by atoms with Crippen LogP contribution in [0.2, 0.25) is 5.02 Å². The van der Waals surface area contributed by atoms with Gasteiger partial charge < -0.3 is 5.32 Å². The van der Waals surface area contributed by atoms with Gasteiger partial charge in [0.05, 0.1) is 0 Å². The molecule has 0 heterocycles. The van der Waals surface area contributed by atoms with E-state index in [2.05, 4.69) is 18.3 Å². The van der Waals surface area contributed by atoms with Crippen molar-refractivity contribution >= 4 is 11.6 Å². The van der Waals surface area contributed by atoms with Crippen LogP contribution in [-0.4, -0.2) is 0 Å². The van der Waals surface area contributed by atoms with E-state index in [-0.39, 0.29) is 11.9 Å². The molecule has 0 bridgehead atoms. The highest BCUT2D eigenvalue weighted by Gasteiger charge is 2.24. The number of benzene rings is 2. The van der Waals surface area contributed by atoms with Crippen LogP contribution in [0, 0.1) is 5.82 Å². The zero-order valence-electron chi connectivity index (χ0n) is 11.4. The molecule has 3 rings (SSSR count). The molecule has 20 heavy (non-hydrogen) atoms. The van der Waals surface area contributed by atoms with Crippen LogP contribution in [0.15, 0.2) is 42.5 Å². The molecule has 0 amide bonds. The Morgan fingerprint density at radius 1 is 1.25 bits per heavy atom. The van der Waals surface area contributed by atoms with Gasteiger partial charge >= 0.3 is 0 Å². The van der Waals surface area contributed by atoms with Crippen LogP contribution in [0.4, 0.5) is 4.39 Å². The van der Waals surface area contributed by atoms with Crippen LogP contribution < -0.4 is 5.32 Å². The minimum absolute atomic E-state index is 0.146. The highest BCUT2D eigenvalue weighted by Crippen LogP contribution is 2.33. The fourth-order valence-electron chi connectivity index (χ4n) is 2.93. The fourth-order valence-corrected chi connectivity index (χ4v) is 3.13. The molecular weight excluding hydrogens is 273 g/mol. The largest absolute Gasteiger partial charge is 0.303 e. The van der Waals surface area contributed by atoms with Crippen LogP contribution in [0.3, 0.4) is 0 Å². The first kappa shape index (κ1) is 13.6. The van der Waals surface area contributed by atoms with Gasteiger partial charge in [-0.15, -0.1) is 0 Å². The van der Waals surface area contributed by atoms with E-state index in [0.717, 1.165) is 23.4 Å². The molecule has 1 nitrogen and oxygen atoms in total. The summed E-state index contributed by atoms with van der Waals surface area (Å²) in [7, 11) is 0. The number of fused-ring (bicyclic) bond motifs is 1. The molecule has 1 aliphatic rings. The smallest absolute Gasteiger partial charge is 0.123 e. The Labute approximate surface area is 123 Å². The lowest BCUT2D eigenvalue weighted by Gasteiger charge is -2.21. The third-order valence-corrected chi connectivity index (χ3v) is 4.22. The summed E-state index contributed by atoms with van der Waals surface area (Å²) in [6.07, 6.45) is 1.96. The number of halogens is 2. The lowest BCUT2D eigenvalue weighted by molar-refractivity contribution is 0.465. The van der Waals surface area contributed by atoms with Gasteiger partial charge in [0.2, 0.25) is 0 Å². The van der Waals surface area contributed by atoms with Gasteiger partial charge in [-0.05, 0) is 60.7 Å². The second kappa shape index (κ2) is 5.55. The van der Waals surface area contributed by atoms with Gasteiger partial charge in [-0.3, -0.25) is 0 Å². The van der Waals surface area contributed by atoms with E-state index in [1.807, 2.05) is 24.3 Å². The SMILES string of the molecule is C[C@H](NC1CCc2cc(F)ccc21)c1cccc(Cl)c1. The lowest BCUT2D eigenvalue weighted by Crippen LogP contribution is -2.23. The zero-order chi connectivity index (χ0) is 14.1. The molecule has 0 aliphatic heterocycles. The third kappa shape index (κ3) is 2.72. The predicted molar refractivity (Wildman–Crippen MR) is 80.5 cm³/mol. The Balaban J connectivity index is 1.77. The molecule has 2 atom stereocenters. The van der Waals surface area contributed by atoms with Gasteiger partial charge in [-0.2, -0.15) is 0 Å². The van der Waals surface area contributed by atoms with Crippen LogP contribution in [0.5, 0.6) is 0 Å². The minimum atomic E-state index is -0.146. The summed E-state index contributed by atoms with van der Waals surface area (Å²) < 4.78 is 13.2. The quantitative estimate of drug-likeness (QED) is 0.854. The number of aryl methyl sites for hydroxylation is 1. The van der Waals surface area contributed by atoms with Crippen molar-refractivity contribution < 1.29 is 4.39 Å². The summed E-state index contributed by atoms with van der Waals surface area (Å²) in [6, 6.07) is 13.5. The van der Waals surface area contributed by atoms with Crippen molar-refractivity contribution in [3.63, 3.8) is 0 Å². The Morgan fingerprint density at radius 2 is 2.10 bits per heavy atom. The third-order valence-electron chi connectivity index (χ3n) is 3.98. The molecule has 0 spiro atoms. The van der Waals surface area contributed by atoms with Gasteiger partial charge in [0, 0.05) is 17.1 Å². The highest BCUT2D eigenvalue weighted by atomic mass is 35.5. The van der Waals surface area contributed by atoms with E-state index in [9.17, 15) is 4.39 Å². The zero-order valence-corrected chi connectivity index (χ0v) is 12.1. The molecule has 0 aromatic heterocycles. The average molecular weight is 290 g/mol. The first-order valence-electron chi connectivity index (χ1n) is 6.93. The first-order chi connectivity index (χ1) is 9.63. The van der Waals surface area contributed by atoms with Crippen molar-refractivity contribution in [1.29, 1.82) is 0 Å². The lowest BCUT2D eigenvalue weighted by atomic mass is 10.0. The van der Waals surface area contributed by atoms with Crippen molar-refractivity contribution in [3.8, 4) is 0 Å². The molecule has 0 radical (unpaired) electrons. The van der Waals surface area contributed by atoms with Crippen molar-refractivity contribution in [3.05, 3.63) is 70.0 Å². The topological polar surface area (TPSA) is 12.0 Å². The number of hydrogen-bond donors (Lipinski definition) is 1. The summed E-state index contributed by atoms with van der Waals surface area (Å²) in [5.74, 6) is -0.146. The molecule has 0 fully saturated rings. The van der Waals surface area contributed by atoms with Crippen molar-refractivity contribution in [2.45, 2.75) is 31.8 Å². The van der Waals surface area contributed by atoms with E-state index >= 15 is 0 Å². The van der Waals surface area contributed by atoms with E-state index < -0.39 is 0 Å². The maximum absolute atomic E-state index is 13.2. The first-order valence-corrected chi connectivity index (χ1v) is 7.31. The summed E-state index contributed by atoms with van der Waals surface area (Å²) >= 11 is 6.03. The van der Waals surface area contributed by atoms with E-state index in [1.165, 1.54) is 11.1 Å². The Kier molecular flexibility index (Phi) is 3.77. The summed E-state index contributed by atoms with van der Waals surface area (Å²) in [5, 5.41) is 4.37. The van der Waals surface area contributed by atoms with E-state index in [4.69, 9.17) is 11.6 Å². The highest BCUT2D eigenvalue weighted by molar-refractivity contribution is 6.30. The van der Waals surface area contributed by atoms with Crippen molar-refractivity contribution in [1.82, 2.24) is 5.32 Å². The monoisotopic (exact) mass is 289 g/mol. The van der Waals surface area contributed by atoms with Crippen molar-refractivity contribution in [2.24, 2.45) is 0 Å². The van der Waals surface area contributed by atoms with Crippen LogP contribution in [-0.2, 0) is 6.42 Å². The number of rotatable bonds is 3. The maximum Gasteiger partial charge on any atom is 0.123 e. The Hall–Kier alpha value is -1.38. The van der Waals surface area contributed by atoms with Gasteiger partial charge in [0.1, 0.15) is 5.82 Å². The number of nitrogens with one attached hydrogen (secondary N) is 1. The van der Waals surface area contributed by atoms with Crippen LogP contribution >= 0.6 is 11.6 Å². The molecule has 0 saturated heterocycles. The van der Waals surface area contributed by atoms with Gasteiger partial charge in [0.15, 0.2) is 0 Å². The standard InChI is InChI=1S/C17H17ClFN/c1-11(12-3-2-4-14(18)9-12)20-17-8-5-13-10-15(19)6-7-16(13)17/h2-4,6-7,9-11,17,20H,5,8H2,1H3/t11-,17?/m0/s1. The Morgan fingerprint density at radius 3 is 2.90 bits per heavy atom. The minimum Gasteiger partial charge on any atom is -0.303 e. The number of hydrogen-bond acceptors (Lipinski definition) is 1. The molecule has 1 aliphatic carbocycles. The molecule has 2 aromatic carbocycles. The van der Waals surface area contributed by atoms with Crippen LogP contribution in [0.1, 0.15) is 42.1 Å². The molecule has 3 heteroatoms. The maximum atomic E-state index is 13.2. The molecule has 1 unspecified atom stereocenters. The molecular formula is C17H17ClFN. The van der Waals surface area contributed by atoms with Gasteiger partial charge in [0.25, 0.3) is 0 Å². The Bertz CT molecular complexity index is 626. The second-order valence-corrected chi connectivity index (χ2v) is 5.81. The summed E-state index contributed by atoms with van der Waals surface area (Å²) in [5.41, 5.74) is 3.52. The fraction of sp³-hybridized carbons (Fsp3) is 0.294. The molecule has 0 saturated carbocycles. The second-order valence-electron chi connectivity index (χ2n) is 5.38. The predicted octanol–water partition coefficient (Wildman–Crippen LogP) is 4.82. The molecule has 2 aromatic rings. The van der Waals surface area contributed by atoms with Crippen LogP contribution in [0.25, 0.3) is 0 Å². The van der Waals surface area contributed by atoms with Gasteiger partial charge in [-0.1, -0.05) is 29.8 Å². The molecule has 104 valence electrons. The normalized spacial score (nSPS) is 18.9.